The molecule has 2 rings (SSSR count). The quantitative estimate of drug-likeness (QED) is 0.225. The maximum absolute atomic E-state index is 12.6. The van der Waals surface area contributed by atoms with E-state index >= 15 is 0 Å². The van der Waals surface area contributed by atoms with Crippen LogP contribution in [-0.4, -0.2) is 43.9 Å². The topological polar surface area (TPSA) is 73.6 Å². The molecule has 0 saturated carbocycles. The van der Waals surface area contributed by atoms with Gasteiger partial charge >= 0.3 is 6.09 Å². The highest BCUT2D eigenvalue weighted by Gasteiger charge is 2.37. The van der Waals surface area contributed by atoms with E-state index in [1.165, 1.54) is 0 Å². The third-order valence-corrected chi connectivity index (χ3v) is 11.5. The van der Waals surface area contributed by atoms with E-state index in [0.717, 1.165) is 27.3 Å². The number of fused-ring (bicyclic) bond motifs is 1. The molecule has 33 heavy (non-hydrogen) atoms. The summed E-state index contributed by atoms with van der Waals surface area (Å²) in [5.41, 5.74) is 1.85. The van der Waals surface area contributed by atoms with Gasteiger partial charge in [0.1, 0.15) is 22.0 Å². The van der Waals surface area contributed by atoms with Crippen LogP contribution in [-0.2, 0) is 15.6 Å². The number of rotatable bonds is 8. The maximum atomic E-state index is 12.6. The summed E-state index contributed by atoms with van der Waals surface area (Å²) >= 11 is 7.78. The molecule has 0 aromatic carbocycles. The van der Waals surface area contributed by atoms with Crippen molar-refractivity contribution in [3.63, 3.8) is 0 Å². The molecule has 0 saturated heterocycles. The van der Waals surface area contributed by atoms with E-state index in [1.807, 2.05) is 40.0 Å². The van der Waals surface area contributed by atoms with E-state index < -0.39 is 20.0 Å². The van der Waals surface area contributed by atoms with Crippen molar-refractivity contribution in [3.8, 4) is 0 Å². The van der Waals surface area contributed by atoms with Crippen LogP contribution in [0.1, 0.15) is 59.3 Å². The van der Waals surface area contributed by atoms with Crippen molar-refractivity contribution in [1.82, 2.24) is 10.3 Å². The van der Waals surface area contributed by atoms with E-state index in [1.54, 1.807) is 11.8 Å². The van der Waals surface area contributed by atoms with E-state index in [-0.39, 0.29) is 11.1 Å². The molecule has 1 amide bonds. The Balaban J connectivity index is 2.26. The second-order valence-electron chi connectivity index (χ2n) is 10.9. The molecule has 0 aliphatic rings. The number of thioether (sulfide) groups is 1. The number of halogens is 1. The second kappa shape index (κ2) is 10.6. The van der Waals surface area contributed by atoms with Gasteiger partial charge in [-0.25, -0.2) is 9.78 Å². The van der Waals surface area contributed by atoms with Crippen molar-refractivity contribution in [1.29, 1.82) is 0 Å². The Kier molecular flexibility index (Phi) is 8.99. The van der Waals surface area contributed by atoms with Gasteiger partial charge in [0.05, 0.1) is 4.90 Å². The normalized spacial score (nSPS) is 13.9. The molecule has 186 valence electrons. The number of nitrogens with one attached hydrogen (secondary N) is 1. The second-order valence-corrected chi connectivity index (χ2v) is 17.0. The SMILES string of the molecule is CSc1cc(Cl)nc2c(C)c(C[C@H](CCO[Si](C)(C)C(C)(C)C)NC(=O)OC(C)(C)C)oc12. The first-order chi connectivity index (χ1) is 15.0. The number of pyridine rings is 1. The van der Waals surface area contributed by atoms with Crippen LogP contribution < -0.4 is 5.32 Å². The minimum absolute atomic E-state index is 0.121. The average molecular weight is 515 g/mol. The van der Waals surface area contributed by atoms with Crippen LogP contribution in [0.4, 0.5) is 4.79 Å². The fourth-order valence-electron chi connectivity index (χ4n) is 3.11. The summed E-state index contributed by atoms with van der Waals surface area (Å²) in [7, 11) is -1.89. The standard InChI is InChI=1S/C24H39ClN2O4SSi/c1-15-17(30-21-18(32-8)14-19(25)27-20(15)21)13-16(26-22(28)31-23(2,3)4)11-12-29-33(9,10)24(5,6)7/h14,16H,11-13H2,1-10H3,(H,26,28)/t16-/m0/s1. The fraction of sp³-hybridized carbons (Fsp3) is 0.667. The summed E-state index contributed by atoms with van der Waals surface area (Å²) in [6, 6.07) is 1.60. The number of hydrogen-bond acceptors (Lipinski definition) is 6. The van der Waals surface area contributed by atoms with Crippen molar-refractivity contribution < 1.29 is 18.4 Å². The Hall–Kier alpha value is -1.22. The Morgan fingerprint density at radius 3 is 2.45 bits per heavy atom. The molecule has 9 heteroatoms. The zero-order chi connectivity index (χ0) is 25.2. The van der Waals surface area contributed by atoms with Gasteiger partial charge in [0, 0.05) is 24.6 Å². The molecule has 1 N–H and O–H groups in total. The predicted octanol–water partition coefficient (Wildman–Crippen LogP) is 7.36. The van der Waals surface area contributed by atoms with Crippen LogP contribution in [0.2, 0.25) is 23.3 Å². The molecule has 0 bridgehead atoms. The smallest absolute Gasteiger partial charge is 0.407 e. The number of aryl methyl sites for hydroxylation is 1. The van der Waals surface area contributed by atoms with Crippen LogP contribution in [0.15, 0.2) is 15.4 Å². The monoisotopic (exact) mass is 514 g/mol. The minimum atomic E-state index is -1.89. The van der Waals surface area contributed by atoms with Gasteiger partial charge in [-0.15, -0.1) is 11.8 Å². The van der Waals surface area contributed by atoms with Crippen molar-refractivity contribution in [2.24, 2.45) is 0 Å². The number of hydrogen-bond donors (Lipinski definition) is 1. The molecular weight excluding hydrogens is 476 g/mol. The lowest BCUT2D eigenvalue weighted by atomic mass is 10.1. The lowest BCUT2D eigenvalue weighted by molar-refractivity contribution is 0.0496. The van der Waals surface area contributed by atoms with Crippen molar-refractivity contribution >= 4 is 48.9 Å². The van der Waals surface area contributed by atoms with E-state index in [9.17, 15) is 4.79 Å². The van der Waals surface area contributed by atoms with Gasteiger partial charge in [0.15, 0.2) is 13.9 Å². The van der Waals surface area contributed by atoms with Crippen molar-refractivity contribution in [3.05, 3.63) is 22.5 Å². The number of aromatic nitrogens is 1. The van der Waals surface area contributed by atoms with E-state index in [2.05, 4.69) is 44.2 Å². The lowest BCUT2D eigenvalue weighted by Gasteiger charge is -2.36. The predicted molar refractivity (Wildman–Crippen MR) is 140 cm³/mol. The molecule has 0 spiro atoms. The number of nitrogens with zero attached hydrogens (tertiary/aromatic N) is 1. The van der Waals surface area contributed by atoms with Gasteiger partial charge in [0.25, 0.3) is 0 Å². The number of furan rings is 1. The molecular formula is C24H39ClN2O4SSi. The number of carbonyl (C=O) groups is 1. The van der Waals surface area contributed by atoms with Gasteiger partial charge < -0.3 is 18.9 Å². The van der Waals surface area contributed by atoms with Gasteiger partial charge in [-0.2, -0.15) is 0 Å². The van der Waals surface area contributed by atoms with Crippen molar-refractivity contribution in [2.75, 3.05) is 12.9 Å². The third-order valence-electron chi connectivity index (χ3n) is 6.01. The highest BCUT2D eigenvalue weighted by Crippen LogP contribution is 2.37. The molecule has 2 heterocycles. The third kappa shape index (κ3) is 7.63. The van der Waals surface area contributed by atoms with Gasteiger partial charge in [-0.3, -0.25) is 0 Å². The zero-order valence-electron chi connectivity index (χ0n) is 21.6. The molecule has 6 nitrogen and oxygen atoms in total. The summed E-state index contributed by atoms with van der Waals surface area (Å²) in [6.45, 7) is 19.2. The summed E-state index contributed by atoms with van der Waals surface area (Å²) in [4.78, 5) is 18.0. The van der Waals surface area contributed by atoms with Crippen molar-refractivity contribution in [2.45, 2.75) is 96.0 Å². The lowest BCUT2D eigenvalue weighted by Crippen LogP contribution is -2.44. The van der Waals surface area contributed by atoms with Gasteiger partial charge in [0.2, 0.25) is 0 Å². The zero-order valence-corrected chi connectivity index (χ0v) is 24.2. The fourth-order valence-corrected chi connectivity index (χ4v) is 4.98. The molecule has 2 aromatic rings. The summed E-state index contributed by atoms with van der Waals surface area (Å²) in [5.74, 6) is 0.781. The average Bonchev–Trinajstić information content (AvgIpc) is 2.94. The summed E-state index contributed by atoms with van der Waals surface area (Å²) in [5, 5.41) is 3.58. The first kappa shape index (κ1) is 28.0. The van der Waals surface area contributed by atoms with E-state index in [4.69, 9.17) is 25.2 Å². The number of ether oxygens (including phenoxy) is 1. The van der Waals surface area contributed by atoms with Gasteiger partial charge in [-0.05, 0) is 64.6 Å². The summed E-state index contributed by atoms with van der Waals surface area (Å²) in [6.07, 6.45) is 2.69. The van der Waals surface area contributed by atoms with Crippen LogP contribution in [0, 0.1) is 6.92 Å². The van der Waals surface area contributed by atoms with Crippen LogP contribution >= 0.6 is 23.4 Å². The molecule has 0 radical (unpaired) electrons. The summed E-state index contributed by atoms with van der Waals surface area (Å²) < 4.78 is 18.1. The Morgan fingerprint density at radius 1 is 1.27 bits per heavy atom. The first-order valence-corrected chi connectivity index (χ1v) is 15.8. The van der Waals surface area contributed by atoms with Crippen LogP contribution in [0.3, 0.4) is 0 Å². The van der Waals surface area contributed by atoms with Crippen LogP contribution in [0.5, 0.6) is 0 Å². The molecule has 2 aromatic heterocycles. The number of carbonyl (C=O) groups excluding carboxylic acids is 1. The minimum Gasteiger partial charge on any atom is -0.458 e. The number of amides is 1. The Labute approximate surface area is 208 Å². The largest absolute Gasteiger partial charge is 0.458 e. The molecule has 0 aliphatic carbocycles. The maximum Gasteiger partial charge on any atom is 0.407 e. The van der Waals surface area contributed by atoms with Gasteiger partial charge in [-0.1, -0.05) is 32.4 Å². The molecule has 0 unspecified atom stereocenters. The first-order valence-electron chi connectivity index (χ1n) is 11.3. The number of alkyl carbamates (subject to hydrolysis) is 1. The van der Waals surface area contributed by atoms with Crippen LogP contribution in [0.25, 0.3) is 11.1 Å². The molecule has 0 aliphatic heterocycles. The Bertz CT molecular complexity index is 979. The highest BCUT2D eigenvalue weighted by atomic mass is 35.5. The molecule has 0 fully saturated rings. The molecule has 1 atom stereocenters. The van der Waals surface area contributed by atoms with E-state index in [0.29, 0.717) is 24.6 Å². The Morgan fingerprint density at radius 2 is 1.91 bits per heavy atom. The highest BCUT2D eigenvalue weighted by molar-refractivity contribution is 7.98.